The highest BCUT2D eigenvalue weighted by Gasteiger charge is 2.12. The normalized spacial score (nSPS) is 12.9. The molecule has 0 spiro atoms. The second kappa shape index (κ2) is 9.80. The number of nitrogens with one attached hydrogen (secondary N) is 2. The first-order valence-electron chi connectivity index (χ1n) is 9.00. The molecule has 6 heteroatoms. The van der Waals surface area contributed by atoms with Crippen LogP contribution in [0.2, 0.25) is 0 Å². The number of sulfone groups is 1. The van der Waals surface area contributed by atoms with Crippen molar-refractivity contribution in [1.82, 2.24) is 10.6 Å². The van der Waals surface area contributed by atoms with E-state index in [0.717, 1.165) is 19.5 Å². The molecule has 0 heterocycles. The minimum absolute atomic E-state index is 0.0916. The molecule has 0 atom stereocenters. The highest BCUT2D eigenvalue weighted by molar-refractivity contribution is 7.91. The van der Waals surface area contributed by atoms with Crippen LogP contribution >= 0.6 is 0 Å². The van der Waals surface area contributed by atoms with Gasteiger partial charge in [0.2, 0.25) is 0 Å². The Morgan fingerprint density at radius 2 is 1.72 bits per heavy atom. The predicted molar refractivity (Wildman–Crippen MR) is 107 cm³/mol. The summed E-state index contributed by atoms with van der Waals surface area (Å²) in [5.41, 5.74) is 2.77. The third kappa shape index (κ3) is 8.38. The number of hydrogen-bond donors (Lipinski definition) is 2. The minimum atomic E-state index is -2.97. The first-order valence-corrected chi connectivity index (χ1v) is 10.8. The Balaban J connectivity index is 2.52. The average molecular weight is 368 g/mol. The van der Waals surface area contributed by atoms with Crippen LogP contribution in [0.15, 0.2) is 29.3 Å². The van der Waals surface area contributed by atoms with E-state index in [9.17, 15) is 8.42 Å². The van der Waals surface area contributed by atoms with Gasteiger partial charge in [0, 0.05) is 18.8 Å². The lowest BCUT2D eigenvalue weighted by Crippen LogP contribution is -2.38. The number of rotatable bonds is 8. The van der Waals surface area contributed by atoms with E-state index in [1.165, 1.54) is 11.1 Å². The van der Waals surface area contributed by atoms with Gasteiger partial charge in [0.15, 0.2) is 15.8 Å². The number of hydrogen-bond acceptors (Lipinski definition) is 3. The third-order valence-electron chi connectivity index (χ3n) is 3.98. The van der Waals surface area contributed by atoms with E-state index < -0.39 is 9.84 Å². The lowest BCUT2D eigenvalue weighted by Gasteiger charge is -2.19. The molecule has 0 radical (unpaired) electrons. The molecule has 0 amide bonds. The Bertz CT molecular complexity index is 644. The Labute approximate surface area is 153 Å². The molecule has 0 saturated heterocycles. The maximum absolute atomic E-state index is 11.5. The van der Waals surface area contributed by atoms with Crippen molar-refractivity contribution in [2.75, 3.05) is 31.1 Å². The van der Waals surface area contributed by atoms with Crippen molar-refractivity contribution >= 4 is 15.8 Å². The molecule has 0 saturated carbocycles. The maximum atomic E-state index is 11.5. The van der Waals surface area contributed by atoms with Crippen LogP contribution in [0.3, 0.4) is 0 Å². The minimum Gasteiger partial charge on any atom is -0.357 e. The van der Waals surface area contributed by atoms with E-state index in [0.29, 0.717) is 5.96 Å². The van der Waals surface area contributed by atoms with Crippen molar-refractivity contribution in [1.29, 1.82) is 0 Å². The lowest BCUT2D eigenvalue weighted by atomic mass is 9.86. The number of benzene rings is 1. The Kier molecular flexibility index (Phi) is 8.42. The summed E-state index contributed by atoms with van der Waals surface area (Å²) in [5, 5.41) is 6.41. The fourth-order valence-electron chi connectivity index (χ4n) is 2.28. The second-order valence-corrected chi connectivity index (χ2v) is 9.59. The summed E-state index contributed by atoms with van der Waals surface area (Å²) in [6.45, 7) is 12.1. The van der Waals surface area contributed by atoms with Crippen LogP contribution in [0.1, 0.15) is 45.7 Å². The molecule has 0 aliphatic rings. The van der Waals surface area contributed by atoms with Crippen molar-refractivity contribution in [3.05, 3.63) is 35.4 Å². The van der Waals surface area contributed by atoms with Crippen LogP contribution < -0.4 is 10.6 Å². The van der Waals surface area contributed by atoms with E-state index in [-0.39, 0.29) is 23.5 Å². The Hall–Kier alpha value is -1.56. The number of guanidine groups is 1. The van der Waals surface area contributed by atoms with Gasteiger partial charge in [-0.3, -0.25) is 4.99 Å². The Morgan fingerprint density at radius 1 is 1.08 bits per heavy atom. The fourth-order valence-corrected chi connectivity index (χ4v) is 2.94. The van der Waals surface area contributed by atoms with E-state index >= 15 is 0 Å². The predicted octanol–water partition coefficient (Wildman–Crippen LogP) is 2.52. The summed E-state index contributed by atoms with van der Waals surface area (Å²) < 4.78 is 23.1. The SMILES string of the molecule is CCNC(=NCCS(=O)(=O)CC)NCCc1ccc(C(C)(C)C)cc1. The molecule has 0 bridgehead atoms. The van der Waals surface area contributed by atoms with Crippen molar-refractivity contribution in [3.8, 4) is 0 Å². The standard InChI is InChI=1S/C19H33N3O2S/c1-6-20-18(22-14-15-25(23,24)7-2)21-13-12-16-8-10-17(11-9-16)19(3,4)5/h8-11H,6-7,12-15H2,1-5H3,(H2,20,21,22). The molecule has 1 aromatic rings. The zero-order chi connectivity index (χ0) is 18.9. The molecule has 5 nitrogen and oxygen atoms in total. The number of aliphatic imine (C=N–C) groups is 1. The molecule has 1 rings (SSSR count). The van der Waals surface area contributed by atoms with Crippen LogP contribution in [0.5, 0.6) is 0 Å². The smallest absolute Gasteiger partial charge is 0.191 e. The molecule has 0 fully saturated rings. The van der Waals surface area contributed by atoms with Gasteiger partial charge in [-0.15, -0.1) is 0 Å². The fraction of sp³-hybridized carbons (Fsp3) is 0.632. The average Bonchev–Trinajstić information content (AvgIpc) is 2.54. The van der Waals surface area contributed by atoms with Crippen molar-refractivity contribution < 1.29 is 8.42 Å². The molecule has 25 heavy (non-hydrogen) atoms. The lowest BCUT2D eigenvalue weighted by molar-refractivity contribution is 0.590. The third-order valence-corrected chi connectivity index (χ3v) is 5.67. The van der Waals surface area contributed by atoms with Gasteiger partial charge >= 0.3 is 0 Å². The molecule has 2 N–H and O–H groups in total. The first kappa shape index (κ1) is 21.5. The van der Waals surface area contributed by atoms with E-state index in [4.69, 9.17) is 0 Å². The Morgan fingerprint density at radius 3 is 2.24 bits per heavy atom. The second-order valence-electron chi connectivity index (χ2n) is 7.12. The highest BCUT2D eigenvalue weighted by Crippen LogP contribution is 2.22. The van der Waals surface area contributed by atoms with E-state index in [1.54, 1.807) is 6.92 Å². The summed E-state index contributed by atoms with van der Waals surface area (Å²) in [5.74, 6) is 0.922. The molecule has 142 valence electrons. The quantitative estimate of drug-likeness (QED) is 0.547. The molecular weight excluding hydrogens is 334 g/mol. The van der Waals surface area contributed by atoms with E-state index in [1.807, 2.05) is 6.92 Å². The maximum Gasteiger partial charge on any atom is 0.191 e. The van der Waals surface area contributed by atoms with Crippen molar-refractivity contribution in [2.24, 2.45) is 4.99 Å². The van der Waals surface area contributed by atoms with Crippen LogP contribution in [0, 0.1) is 0 Å². The molecule has 0 aliphatic carbocycles. The summed E-state index contributed by atoms with van der Waals surface area (Å²) in [6, 6.07) is 8.70. The first-order chi connectivity index (χ1) is 11.7. The van der Waals surface area contributed by atoms with Crippen molar-refractivity contribution in [2.45, 2.75) is 46.5 Å². The monoisotopic (exact) mass is 367 g/mol. The van der Waals surface area contributed by atoms with Gasteiger partial charge in [0.25, 0.3) is 0 Å². The van der Waals surface area contributed by atoms with Crippen molar-refractivity contribution in [3.63, 3.8) is 0 Å². The van der Waals surface area contributed by atoms with Gasteiger partial charge in [0.05, 0.1) is 12.3 Å². The molecule has 0 unspecified atom stereocenters. The summed E-state index contributed by atoms with van der Waals surface area (Å²) in [4.78, 5) is 4.34. The summed E-state index contributed by atoms with van der Waals surface area (Å²) >= 11 is 0. The molecular formula is C19H33N3O2S. The zero-order valence-corrected chi connectivity index (χ0v) is 17.0. The van der Waals surface area contributed by atoms with Crippen LogP contribution in [0.4, 0.5) is 0 Å². The highest BCUT2D eigenvalue weighted by atomic mass is 32.2. The van der Waals surface area contributed by atoms with Crippen LogP contribution in [-0.2, 0) is 21.7 Å². The van der Waals surface area contributed by atoms with Gasteiger partial charge in [0.1, 0.15) is 0 Å². The summed E-state index contributed by atoms with van der Waals surface area (Å²) in [6.07, 6.45) is 0.891. The topological polar surface area (TPSA) is 70.6 Å². The molecule has 0 aromatic heterocycles. The zero-order valence-electron chi connectivity index (χ0n) is 16.2. The largest absolute Gasteiger partial charge is 0.357 e. The number of nitrogens with zero attached hydrogens (tertiary/aromatic N) is 1. The molecule has 0 aliphatic heterocycles. The van der Waals surface area contributed by atoms with Gasteiger partial charge in [-0.1, -0.05) is 52.0 Å². The van der Waals surface area contributed by atoms with Gasteiger partial charge in [-0.05, 0) is 29.9 Å². The van der Waals surface area contributed by atoms with Gasteiger partial charge in [-0.2, -0.15) is 0 Å². The van der Waals surface area contributed by atoms with Gasteiger partial charge < -0.3 is 10.6 Å². The van der Waals surface area contributed by atoms with Gasteiger partial charge in [-0.25, -0.2) is 8.42 Å². The summed E-state index contributed by atoms with van der Waals surface area (Å²) in [7, 11) is -2.97. The molecule has 1 aromatic carbocycles. The van der Waals surface area contributed by atoms with Crippen LogP contribution in [-0.4, -0.2) is 45.5 Å². The van der Waals surface area contributed by atoms with E-state index in [2.05, 4.69) is 60.7 Å². The van der Waals surface area contributed by atoms with Crippen LogP contribution in [0.25, 0.3) is 0 Å².